The normalized spacial score (nSPS) is 11.3. The number of aromatic nitrogens is 1. The molecule has 0 aliphatic heterocycles. The lowest BCUT2D eigenvalue weighted by Gasteiger charge is -2.14. The van der Waals surface area contributed by atoms with Gasteiger partial charge in [0.05, 0.1) is 5.52 Å². The molecule has 0 saturated heterocycles. The number of aromatic amines is 1. The Kier molecular flexibility index (Phi) is 5.16. The minimum atomic E-state index is -0.243. The molecule has 1 heterocycles. The van der Waals surface area contributed by atoms with Crippen molar-refractivity contribution in [2.24, 2.45) is 0 Å². The van der Waals surface area contributed by atoms with E-state index in [-0.39, 0.29) is 5.82 Å². The molecule has 24 heavy (non-hydrogen) atoms. The molecule has 0 aliphatic carbocycles. The Bertz CT molecular complexity index is 798. The highest BCUT2D eigenvalue weighted by Crippen LogP contribution is 2.31. The summed E-state index contributed by atoms with van der Waals surface area (Å²) in [7, 11) is 2.09. The fourth-order valence-electron chi connectivity index (χ4n) is 2.77. The summed E-state index contributed by atoms with van der Waals surface area (Å²) in [4.78, 5) is 5.30. The van der Waals surface area contributed by atoms with Gasteiger partial charge < -0.3 is 14.6 Å². The van der Waals surface area contributed by atoms with Gasteiger partial charge in [-0.3, -0.25) is 0 Å². The molecule has 4 heteroatoms. The highest BCUT2D eigenvalue weighted by molar-refractivity contribution is 5.89. The van der Waals surface area contributed by atoms with Crippen LogP contribution in [0.2, 0.25) is 0 Å². The maximum Gasteiger partial charge on any atom is 0.147 e. The molecule has 0 radical (unpaired) electrons. The lowest BCUT2D eigenvalue weighted by atomic mass is 10.1. The predicted octanol–water partition coefficient (Wildman–Crippen LogP) is 4.38. The predicted molar refractivity (Wildman–Crippen MR) is 95.9 cm³/mol. The molecule has 0 spiro atoms. The van der Waals surface area contributed by atoms with E-state index < -0.39 is 0 Å². The maximum absolute atomic E-state index is 14.1. The molecule has 1 N–H and O–H groups in total. The summed E-state index contributed by atoms with van der Waals surface area (Å²) in [5.74, 6) is 0.484. The number of hydrogen-bond donors (Lipinski definition) is 1. The van der Waals surface area contributed by atoms with Crippen LogP contribution < -0.4 is 4.74 Å². The standard InChI is InChI=1S/C20H23FN2O/c1-3-23(2)12-11-16-13-22-20-17(21)9-10-18(19(16)20)24-14-15-7-5-4-6-8-15/h4-10,13,22H,3,11-12,14H2,1-2H3. The second-order valence-corrected chi connectivity index (χ2v) is 6.03. The van der Waals surface area contributed by atoms with Crippen molar-refractivity contribution < 1.29 is 9.13 Å². The summed E-state index contributed by atoms with van der Waals surface area (Å²) in [6.45, 7) is 4.52. The van der Waals surface area contributed by atoms with E-state index in [9.17, 15) is 4.39 Å². The number of fused-ring (bicyclic) bond motifs is 1. The van der Waals surface area contributed by atoms with Crippen molar-refractivity contribution >= 4 is 10.9 Å². The van der Waals surface area contributed by atoms with Crippen LogP contribution in [0.1, 0.15) is 18.1 Å². The van der Waals surface area contributed by atoms with Gasteiger partial charge in [-0.05, 0) is 43.3 Å². The molecule has 0 unspecified atom stereocenters. The van der Waals surface area contributed by atoms with Crippen LogP contribution >= 0.6 is 0 Å². The third-order valence-corrected chi connectivity index (χ3v) is 4.37. The summed E-state index contributed by atoms with van der Waals surface area (Å²) in [6, 6.07) is 13.2. The molecule has 0 atom stereocenters. The van der Waals surface area contributed by atoms with Gasteiger partial charge in [0, 0.05) is 18.1 Å². The monoisotopic (exact) mass is 326 g/mol. The third-order valence-electron chi connectivity index (χ3n) is 4.37. The topological polar surface area (TPSA) is 28.3 Å². The molecule has 3 nitrogen and oxygen atoms in total. The summed E-state index contributed by atoms with van der Waals surface area (Å²) in [5.41, 5.74) is 2.71. The van der Waals surface area contributed by atoms with Crippen LogP contribution in [0.15, 0.2) is 48.7 Å². The first kappa shape index (κ1) is 16.5. The molecule has 2 aromatic carbocycles. The highest BCUT2D eigenvalue weighted by atomic mass is 19.1. The number of likely N-dealkylation sites (N-methyl/N-ethyl adjacent to an activating group) is 1. The van der Waals surface area contributed by atoms with Crippen molar-refractivity contribution in [3.63, 3.8) is 0 Å². The van der Waals surface area contributed by atoms with Crippen LogP contribution in [0, 0.1) is 5.82 Å². The first-order valence-corrected chi connectivity index (χ1v) is 8.32. The zero-order valence-corrected chi connectivity index (χ0v) is 14.2. The van der Waals surface area contributed by atoms with Crippen LogP contribution in [-0.4, -0.2) is 30.0 Å². The average molecular weight is 326 g/mol. The Morgan fingerprint density at radius 3 is 2.67 bits per heavy atom. The van der Waals surface area contributed by atoms with Gasteiger partial charge >= 0.3 is 0 Å². The van der Waals surface area contributed by atoms with Gasteiger partial charge in [-0.2, -0.15) is 0 Å². The molecular formula is C20H23FN2O. The van der Waals surface area contributed by atoms with Gasteiger partial charge in [-0.1, -0.05) is 37.3 Å². The van der Waals surface area contributed by atoms with Crippen LogP contribution in [0.3, 0.4) is 0 Å². The minimum Gasteiger partial charge on any atom is -0.488 e. The van der Waals surface area contributed by atoms with E-state index in [1.165, 1.54) is 6.07 Å². The second kappa shape index (κ2) is 7.49. The van der Waals surface area contributed by atoms with E-state index in [2.05, 4.69) is 23.9 Å². The van der Waals surface area contributed by atoms with Gasteiger partial charge in [0.1, 0.15) is 18.2 Å². The van der Waals surface area contributed by atoms with Crippen molar-refractivity contribution in [2.75, 3.05) is 20.1 Å². The van der Waals surface area contributed by atoms with Gasteiger partial charge in [0.15, 0.2) is 0 Å². The van der Waals surface area contributed by atoms with E-state index in [0.717, 1.165) is 41.8 Å². The number of nitrogens with one attached hydrogen (secondary N) is 1. The number of benzene rings is 2. The maximum atomic E-state index is 14.1. The van der Waals surface area contributed by atoms with E-state index >= 15 is 0 Å². The Labute approximate surface area is 142 Å². The van der Waals surface area contributed by atoms with Crippen LogP contribution in [-0.2, 0) is 13.0 Å². The fourth-order valence-corrected chi connectivity index (χ4v) is 2.77. The fraction of sp³-hybridized carbons (Fsp3) is 0.300. The quantitative estimate of drug-likeness (QED) is 0.698. The van der Waals surface area contributed by atoms with Crippen LogP contribution in [0.4, 0.5) is 4.39 Å². The number of halogens is 1. The Balaban J connectivity index is 1.86. The molecule has 3 rings (SSSR count). The number of rotatable bonds is 7. The minimum absolute atomic E-state index is 0.243. The first-order valence-electron chi connectivity index (χ1n) is 8.32. The lowest BCUT2D eigenvalue weighted by molar-refractivity contribution is 0.309. The molecular weight excluding hydrogens is 303 g/mol. The molecule has 3 aromatic rings. The van der Waals surface area contributed by atoms with E-state index in [1.54, 1.807) is 6.07 Å². The van der Waals surface area contributed by atoms with Crippen molar-refractivity contribution in [1.82, 2.24) is 9.88 Å². The zero-order chi connectivity index (χ0) is 16.9. The Morgan fingerprint density at radius 1 is 1.12 bits per heavy atom. The van der Waals surface area contributed by atoms with Crippen molar-refractivity contribution in [2.45, 2.75) is 20.0 Å². The molecule has 1 aromatic heterocycles. The van der Waals surface area contributed by atoms with Crippen LogP contribution in [0.25, 0.3) is 10.9 Å². The van der Waals surface area contributed by atoms with Crippen molar-refractivity contribution in [3.05, 3.63) is 65.6 Å². The summed E-state index contributed by atoms with van der Waals surface area (Å²) in [6.07, 6.45) is 2.75. The summed E-state index contributed by atoms with van der Waals surface area (Å²) >= 11 is 0. The lowest BCUT2D eigenvalue weighted by Crippen LogP contribution is -2.20. The SMILES string of the molecule is CCN(C)CCc1c[nH]c2c(F)ccc(OCc3ccccc3)c12. The third kappa shape index (κ3) is 3.60. The van der Waals surface area contributed by atoms with Gasteiger partial charge in [-0.25, -0.2) is 4.39 Å². The molecule has 0 bridgehead atoms. The van der Waals surface area contributed by atoms with E-state index in [0.29, 0.717) is 12.1 Å². The van der Waals surface area contributed by atoms with Crippen molar-refractivity contribution in [1.29, 1.82) is 0 Å². The van der Waals surface area contributed by atoms with Gasteiger partial charge in [0.25, 0.3) is 0 Å². The number of ether oxygens (including phenoxy) is 1. The summed E-state index contributed by atoms with van der Waals surface area (Å²) < 4.78 is 20.1. The zero-order valence-electron chi connectivity index (χ0n) is 14.2. The van der Waals surface area contributed by atoms with Gasteiger partial charge in [0.2, 0.25) is 0 Å². The Hall–Kier alpha value is -2.33. The van der Waals surface area contributed by atoms with Gasteiger partial charge in [-0.15, -0.1) is 0 Å². The van der Waals surface area contributed by atoms with Crippen molar-refractivity contribution in [3.8, 4) is 5.75 Å². The number of nitrogens with zero attached hydrogens (tertiary/aromatic N) is 1. The molecule has 126 valence electrons. The largest absolute Gasteiger partial charge is 0.488 e. The van der Waals surface area contributed by atoms with E-state index in [1.807, 2.05) is 36.5 Å². The molecule has 0 saturated carbocycles. The Morgan fingerprint density at radius 2 is 1.92 bits per heavy atom. The smallest absolute Gasteiger partial charge is 0.147 e. The van der Waals surface area contributed by atoms with Crippen LogP contribution in [0.5, 0.6) is 5.75 Å². The highest BCUT2D eigenvalue weighted by Gasteiger charge is 2.14. The summed E-state index contributed by atoms with van der Waals surface area (Å²) in [5, 5.41) is 0.857. The molecule has 0 fully saturated rings. The molecule has 0 amide bonds. The number of H-pyrrole nitrogens is 1. The molecule has 0 aliphatic rings. The number of hydrogen-bond acceptors (Lipinski definition) is 2. The average Bonchev–Trinajstić information content (AvgIpc) is 3.05. The second-order valence-electron chi connectivity index (χ2n) is 6.03. The van der Waals surface area contributed by atoms with E-state index in [4.69, 9.17) is 4.74 Å². The first-order chi connectivity index (χ1) is 11.7.